The summed E-state index contributed by atoms with van der Waals surface area (Å²) in [6, 6.07) is 45.7. The Morgan fingerprint density at radius 3 is 1.93 bits per heavy atom. The van der Waals surface area contributed by atoms with Crippen molar-refractivity contribution in [3.8, 4) is 22.5 Å². The van der Waals surface area contributed by atoms with E-state index in [2.05, 4.69) is 104 Å². The predicted molar refractivity (Wildman–Crippen MR) is 173 cm³/mol. The number of rotatable bonds is 3. The molecule has 0 spiro atoms. The van der Waals surface area contributed by atoms with Gasteiger partial charge in [-0.3, -0.25) is 0 Å². The molecular formula is C38H22N4. The highest BCUT2D eigenvalue weighted by Crippen LogP contribution is 2.44. The van der Waals surface area contributed by atoms with Crippen molar-refractivity contribution in [1.82, 2.24) is 9.13 Å². The Morgan fingerprint density at radius 1 is 0.429 bits per heavy atom. The molecule has 0 aliphatic carbocycles. The molecule has 4 heteroatoms. The highest BCUT2D eigenvalue weighted by molar-refractivity contribution is 6.21. The number of fused-ring (bicyclic) bond motifs is 6. The zero-order valence-electron chi connectivity index (χ0n) is 22.5. The molecule has 0 aliphatic heterocycles. The van der Waals surface area contributed by atoms with Crippen LogP contribution in [-0.2, 0) is 0 Å². The lowest BCUT2D eigenvalue weighted by atomic mass is 9.97. The fraction of sp³-hybridized carbons (Fsp3) is 0. The van der Waals surface area contributed by atoms with Gasteiger partial charge < -0.3 is 9.13 Å². The summed E-state index contributed by atoms with van der Waals surface area (Å²) in [5.74, 6) is 0. The van der Waals surface area contributed by atoms with E-state index in [4.69, 9.17) is 13.1 Å². The normalized spacial score (nSPS) is 11.3. The van der Waals surface area contributed by atoms with Crippen molar-refractivity contribution in [2.45, 2.75) is 0 Å². The fourth-order valence-corrected chi connectivity index (χ4v) is 6.41. The van der Waals surface area contributed by atoms with Gasteiger partial charge in [-0.15, -0.1) is 0 Å². The van der Waals surface area contributed by atoms with E-state index in [0.717, 1.165) is 55.3 Å². The molecule has 194 valence electrons. The summed E-state index contributed by atoms with van der Waals surface area (Å²) in [5, 5.41) is 4.50. The minimum Gasteiger partial charge on any atom is -0.311 e. The monoisotopic (exact) mass is 534 g/mol. The van der Waals surface area contributed by atoms with Crippen LogP contribution in [0.5, 0.6) is 0 Å². The molecule has 0 amide bonds. The molecule has 8 rings (SSSR count). The molecule has 0 saturated heterocycles. The predicted octanol–water partition coefficient (Wildman–Crippen LogP) is 10.6. The molecule has 42 heavy (non-hydrogen) atoms. The van der Waals surface area contributed by atoms with Crippen LogP contribution < -0.4 is 0 Å². The van der Waals surface area contributed by atoms with E-state index >= 15 is 0 Å². The first kappa shape index (κ1) is 23.8. The molecule has 0 fully saturated rings. The molecule has 0 aliphatic rings. The maximum absolute atomic E-state index is 7.74. The molecule has 6 aromatic carbocycles. The van der Waals surface area contributed by atoms with Crippen molar-refractivity contribution in [3.63, 3.8) is 0 Å². The standard InChI is InChI=1S/C38H22N4/c1-39-25-11-8-14-28(23-25)41-35-22-21-26(40-2)24-33(35)37-30(16-10-20-36(37)41)32-18-9-17-31-29-15-6-7-19-34(29)42(38(31)32)27-12-4-3-5-13-27/h3-24H. The van der Waals surface area contributed by atoms with Crippen LogP contribution in [0, 0.1) is 13.1 Å². The third kappa shape index (κ3) is 3.40. The van der Waals surface area contributed by atoms with Crippen molar-refractivity contribution >= 4 is 55.0 Å². The number of aromatic nitrogens is 2. The summed E-state index contributed by atoms with van der Waals surface area (Å²) in [6.07, 6.45) is 0. The van der Waals surface area contributed by atoms with Crippen LogP contribution >= 0.6 is 0 Å². The van der Waals surface area contributed by atoms with Gasteiger partial charge in [-0.05, 0) is 59.5 Å². The van der Waals surface area contributed by atoms with Crippen LogP contribution in [0.15, 0.2) is 133 Å². The van der Waals surface area contributed by atoms with Crippen LogP contribution in [0.4, 0.5) is 11.4 Å². The second-order valence-corrected chi connectivity index (χ2v) is 10.4. The van der Waals surface area contributed by atoms with Gasteiger partial charge in [0.25, 0.3) is 0 Å². The Kier molecular flexibility index (Phi) is 5.22. The van der Waals surface area contributed by atoms with Gasteiger partial charge >= 0.3 is 0 Å². The lowest BCUT2D eigenvalue weighted by molar-refractivity contribution is 1.18. The van der Waals surface area contributed by atoms with Crippen molar-refractivity contribution in [2.24, 2.45) is 0 Å². The van der Waals surface area contributed by atoms with Gasteiger partial charge in [-0.25, -0.2) is 9.69 Å². The van der Waals surface area contributed by atoms with Crippen LogP contribution in [0.25, 0.3) is 75.8 Å². The smallest absolute Gasteiger partial charge is 0.189 e. The maximum Gasteiger partial charge on any atom is 0.189 e. The Labute approximate surface area is 242 Å². The van der Waals surface area contributed by atoms with Crippen molar-refractivity contribution in [1.29, 1.82) is 0 Å². The molecule has 2 heterocycles. The molecule has 4 nitrogen and oxygen atoms in total. The second-order valence-electron chi connectivity index (χ2n) is 10.4. The molecule has 0 saturated carbocycles. The average molecular weight is 535 g/mol. The SMILES string of the molecule is [C-]#[N+]c1cccc(-n2c3ccc([N+]#[C-])cc3c3c(-c4cccc5c6ccccc6n(-c6ccccc6)c45)cccc32)c1. The van der Waals surface area contributed by atoms with Gasteiger partial charge in [-0.1, -0.05) is 84.9 Å². The zero-order valence-corrected chi connectivity index (χ0v) is 22.5. The van der Waals surface area contributed by atoms with E-state index in [1.54, 1.807) is 0 Å². The molecule has 8 aromatic rings. The van der Waals surface area contributed by atoms with E-state index in [-0.39, 0.29) is 0 Å². The third-order valence-electron chi connectivity index (χ3n) is 8.12. The summed E-state index contributed by atoms with van der Waals surface area (Å²) in [4.78, 5) is 7.45. The van der Waals surface area contributed by atoms with Crippen molar-refractivity contribution in [3.05, 3.63) is 156 Å². The molecule has 2 aromatic heterocycles. The molecular weight excluding hydrogens is 512 g/mol. The molecule has 0 atom stereocenters. The number of para-hydroxylation sites is 3. The quantitative estimate of drug-likeness (QED) is 0.201. The maximum atomic E-state index is 7.74. The van der Waals surface area contributed by atoms with Crippen LogP contribution in [0.3, 0.4) is 0 Å². The molecule has 0 radical (unpaired) electrons. The number of hydrogen-bond acceptors (Lipinski definition) is 0. The Balaban J connectivity index is 1.55. The number of hydrogen-bond donors (Lipinski definition) is 0. The fourth-order valence-electron chi connectivity index (χ4n) is 6.41. The van der Waals surface area contributed by atoms with E-state index < -0.39 is 0 Å². The third-order valence-corrected chi connectivity index (χ3v) is 8.12. The number of nitrogens with zero attached hydrogens (tertiary/aromatic N) is 4. The first-order chi connectivity index (χ1) is 20.8. The minimum atomic E-state index is 0.591. The molecule has 0 unspecified atom stereocenters. The molecule has 0 bridgehead atoms. The van der Waals surface area contributed by atoms with E-state index in [1.165, 1.54) is 10.8 Å². The van der Waals surface area contributed by atoms with Gasteiger partial charge in [0.15, 0.2) is 11.4 Å². The lowest BCUT2D eigenvalue weighted by Crippen LogP contribution is -1.95. The van der Waals surface area contributed by atoms with Gasteiger partial charge in [0.1, 0.15) is 0 Å². The summed E-state index contributed by atoms with van der Waals surface area (Å²) in [7, 11) is 0. The summed E-state index contributed by atoms with van der Waals surface area (Å²) < 4.78 is 4.57. The lowest BCUT2D eigenvalue weighted by Gasteiger charge is -2.13. The molecule has 0 N–H and O–H groups in total. The highest BCUT2D eigenvalue weighted by atomic mass is 15.0. The van der Waals surface area contributed by atoms with Crippen LogP contribution in [-0.4, -0.2) is 9.13 Å². The average Bonchev–Trinajstić information content (AvgIpc) is 3.58. The second kappa shape index (κ2) is 9.24. The Morgan fingerprint density at radius 2 is 1.07 bits per heavy atom. The largest absolute Gasteiger partial charge is 0.311 e. The van der Waals surface area contributed by atoms with Crippen molar-refractivity contribution < 1.29 is 0 Å². The first-order valence-electron chi connectivity index (χ1n) is 13.8. The van der Waals surface area contributed by atoms with Crippen molar-refractivity contribution in [2.75, 3.05) is 0 Å². The topological polar surface area (TPSA) is 18.6 Å². The van der Waals surface area contributed by atoms with E-state index in [9.17, 15) is 0 Å². The van der Waals surface area contributed by atoms with Crippen LogP contribution in [0.2, 0.25) is 0 Å². The van der Waals surface area contributed by atoms with Gasteiger partial charge in [0.05, 0.1) is 35.2 Å². The summed E-state index contributed by atoms with van der Waals surface area (Å²) in [6.45, 7) is 15.3. The van der Waals surface area contributed by atoms with E-state index in [0.29, 0.717) is 11.4 Å². The first-order valence-corrected chi connectivity index (χ1v) is 13.8. The van der Waals surface area contributed by atoms with Gasteiger partial charge in [-0.2, -0.15) is 0 Å². The number of benzene rings is 6. The van der Waals surface area contributed by atoms with Gasteiger partial charge in [0.2, 0.25) is 0 Å². The minimum absolute atomic E-state index is 0.591. The highest BCUT2D eigenvalue weighted by Gasteiger charge is 2.21. The zero-order chi connectivity index (χ0) is 28.2. The van der Waals surface area contributed by atoms with Gasteiger partial charge in [0, 0.05) is 33.1 Å². The summed E-state index contributed by atoms with van der Waals surface area (Å²) >= 11 is 0. The Hall–Kier alpha value is -6.10. The summed E-state index contributed by atoms with van der Waals surface area (Å²) in [5.41, 5.74) is 9.79. The van der Waals surface area contributed by atoms with Crippen LogP contribution in [0.1, 0.15) is 0 Å². The Bertz CT molecular complexity index is 2430. The van der Waals surface area contributed by atoms with E-state index in [1.807, 2.05) is 48.5 Å².